The highest BCUT2D eigenvalue weighted by atomic mass is 19.2. The van der Waals surface area contributed by atoms with Crippen LogP contribution in [0.15, 0.2) is 12.1 Å². The average Bonchev–Trinajstić information content (AvgIpc) is 2.74. The number of rotatable bonds is 2. The lowest BCUT2D eigenvalue weighted by molar-refractivity contribution is 0.0690. The molecule has 0 unspecified atom stereocenters. The van der Waals surface area contributed by atoms with Crippen LogP contribution in [0.2, 0.25) is 0 Å². The van der Waals surface area contributed by atoms with E-state index in [1.54, 1.807) is 0 Å². The molecule has 0 saturated heterocycles. The van der Waals surface area contributed by atoms with E-state index in [4.69, 9.17) is 5.11 Å². The van der Waals surface area contributed by atoms with E-state index in [1.807, 2.05) is 0 Å². The maximum absolute atomic E-state index is 13.4. The minimum Gasteiger partial charge on any atom is -0.478 e. The van der Waals surface area contributed by atoms with E-state index < -0.39 is 23.2 Å². The second-order valence-electron chi connectivity index (χ2n) is 2.83. The van der Waals surface area contributed by atoms with Gasteiger partial charge in [0.2, 0.25) is 5.82 Å². The van der Waals surface area contributed by atoms with E-state index in [0.717, 1.165) is 12.1 Å². The summed E-state index contributed by atoms with van der Waals surface area (Å²) in [6.07, 6.45) is 0. The van der Waals surface area contributed by atoms with E-state index in [2.05, 4.69) is 20.6 Å². The molecule has 0 radical (unpaired) electrons. The predicted molar refractivity (Wildman–Crippen MR) is 46.5 cm³/mol. The quantitative estimate of drug-likeness (QED) is 0.791. The van der Waals surface area contributed by atoms with Gasteiger partial charge in [-0.1, -0.05) is 0 Å². The third-order valence-corrected chi connectivity index (χ3v) is 1.90. The fourth-order valence-electron chi connectivity index (χ4n) is 1.16. The van der Waals surface area contributed by atoms with Gasteiger partial charge in [0, 0.05) is 0 Å². The number of hydrogen-bond acceptors (Lipinski definition) is 4. The summed E-state index contributed by atoms with van der Waals surface area (Å²) in [7, 11) is 0. The molecule has 0 spiro atoms. The van der Waals surface area contributed by atoms with Gasteiger partial charge in [0.15, 0.2) is 11.6 Å². The van der Waals surface area contributed by atoms with Crippen molar-refractivity contribution >= 4 is 5.97 Å². The van der Waals surface area contributed by atoms with Gasteiger partial charge in [0.05, 0.1) is 11.1 Å². The Balaban J connectivity index is 2.60. The minimum atomic E-state index is -1.55. The zero-order valence-electron chi connectivity index (χ0n) is 7.61. The SMILES string of the molecule is O=C(O)c1ccc(-c2nn[nH]n2)c(F)c1F. The lowest BCUT2D eigenvalue weighted by atomic mass is 10.1. The van der Waals surface area contributed by atoms with E-state index >= 15 is 0 Å². The number of halogens is 2. The lowest BCUT2D eigenvalue weighted by Gasteiger charge is -2.01. The predicted octanol–water partition coefficient (Wildman–Crippen LogP) is 0.843. The van der Waals surface area contributed by atoms with Crippen LogP contribution in [0, 0.1) is 11.6 Å². The van der Waals surface area contributed by atoms with E-state index in [1.165, 1.54) is 0 Å². The van der Waals surface area contributed by atoms with Crippen molar-refractivity contribution in [3.8, 4) is 11.4 Å². The van der Waals surface area contributed by atoms with Gasteiger partial charge in [-0.25, -0.2) is 13.6 Å². The van der Waals surface area contributed by atoms with Gasteiger partial charge in [0.25, 0.3) is 0 Å². The zero-order valence-corrected chi connectivity index (χ0v) is 7.61. The number of aromatic carboxylic acids is 1. The summed E-state index contributed by atoms with van der Waals surface area (Å²) < 4.78 is 26.7. The Morgan fingerprint density at radius 2 is 2.06 bits per heavy atom. The molecule has 2 rings (SSSR count). The third kappa shape index (κ3) is 1.49. The van der Waals surface area contributed by atoms with E-state index in [0.29, 0.717) is 0 Å². The molecule has 0 amide bonds. The first-order valence-corrected chi connectivity index (χ1v) is 4.06. The number of nitrogens with one attached hydrogen (secondary N) is 1. The van der Waals surface area contributed by atoms with Crippen LogP contribution in [-0.4, -0.2) is 31.7 Å². The Morgan fingerprint density at radius 3 is 2.62 bits per heavy atom. The Bertz CT molecular complexity index is 541. The van der Waals surface area contributed by atoms with Crippen LogP contribution in [0.4, 0.5) is 8.78 Å². The number of aromatic nitrogens is 4. The first kappa shape index (κ1) is 10.1. The maximum Gasteiger partial charge on any atom is 0.338 e. The maximum atomic E-state index is 13.4. The van der Waals surface area contributed by atoms with Crippen molar-refractivity contribution in [1.82, 2.24) is 20.6 Å². The lowest BCUT2D eigenvalue weighted by Crippen LogP contribution is -2.04. The fourth-order valence-corrected chi connectivity index (χ4v) is 1.16. The summed E-state index contributed by atoms with van der Waals surface area (Å²) >= 11 is 0. The molecular formula is C8H4F2N4O2. The number of aromatic amines is 1. The van der Waals surface area contributed by atoms with Gasteiger partial charge in [-0.15, -0.1) is 10.2 Å². The summed E-state index contributed by atoms with van der Waals surface area (Å²) in [6, 6.07) is 2.01. The molecule has 1 aromatic heterocycles. The van der Waals surface area contributed by atoms with Gasteiger partial charge in [-0.2, -0.15) is 5.21 Å². The largest absolute Gasteiger partial charge is 0.478 e. The third-order valence-electron chi connectivity index (χ3n) is 1.90. The molecule has 16 heavy (non-hydrogen) atoms. The molecule has 2 N–H and O–H groups in total. The van der Waals surface area contributed by atoms with Gasteiger partial charge in [-0.05, 0) is 17.3 Å². The Labute approximate surface area is 86.9 Å². The first-order valence-electron chi connectivity index (χ1n) is 4.06. The minimum absolute atomic E-state index is 0.145. The number of nitrogens with zero attached hydrogens (tertiary/aromatic N) is 3. The van der Waals surface area contributed by atoms with Crippen molar-refractivity contribution in [2.75, 3.05) is 0 Å². The molecule has 0 bridgehead atoms. The fraction of sp³-hybridized carbons (Fsp3) is 0. The molecule has 82 valence electrons. The van der Waals surface area contributed by atoms with Crippen LogP contribution in [0.3, 0.4) is 0 Å². The molecule has 0 saturated carbocycles. The second-order valence-corrected chi connectivity index (χ2v) is 2.83. The Morgan fingerprint density at radius 1 is 1.31 bits per heavy atom. The second kappa shape index (κ2) is 3.65. The van der Waals surface area contributed by atoms with Crippen LogP contribution in [0.5, 0.6) is 0 Å². The topological polar surface area (TPSA) is 91.8 Å². The van der Waals surface area contributed by atoms with Gasteiger partial charge >= 0.3 is 5.97 Å². The molecule has 2 aromatic rings. The summed E-state index contributed by atoms with van der Waals surface area (Å²) in [4.78, 5) is 10.5. The molecular weight excluding hydrogens is 222 g/mol. The highest BCUT2D eigenvalue weighted by Crippen LogP contribution is 2.22. The van der Waals surface area contributed by atoms with Gasteiger partial charge in [-0.3, -0.25) is 0 Å². The summed E-state index contributed by atoms with van der Waals surface area (Å²) in [6.45, 7) is 0. The van der Waals surface area contributed by atoms with Crippen LogP contribution >= 0.6 is 0 Å². The monoisotopic (exact) mass is 226 g/mol. The molecule has 0 aliphatic heterocycles. The standard InChI is InChI=1S/C8H4F2N4O2/c9-5-3(7-11-13-14-12-7)1-2-4(6(5)10)8(15)16/h1-2H,(H,15,16)(H,11,12,13,14). The van der Waals surface area contributed by atoms with Crippen LogP contribution in [0.25, 0.3) is 11.4 Å². The normalized spacial score (nSPS) is 10.4. The average molecular weight is 226 g/mol. The van der Waals surface area contributed by atoms with Crippen LogP contribution < -0.4 is 0 Å². The smallest absolute Gasteiger partial charge is 0.338 e. The summed E-state index contributed by atoms with van der Waals surface area (Å²) in [5, 5.41) is 20.7. The van der Waals surface area contributed by atoms with Crippen LogP contribution in [-0.2, 0) is 0 Å². The van der Waals surface area contributed by atoms with Crippen molar-refractivity contribution in [2.45, 2.75) is 0 Å². The molecule has 0 atom stereocenters. The van der Waals surface area contributed by atoms with Crippen LogP contribution in [0.1, 0.15) is 10.4 Å². The van der Waals surface area contributed by atoms with Crippen molar-refractivity contribution in [3.05, 3.63) is 29.3 Å². The van der Waals surface area contributed by atoms with Crippen molar-refractivity contribution in [2.24, 2.45) is 0 Å². The number of tetrazole rings is 1. The molecule has 0 fully saturated rings. The number of carbonyl (C=O) groups is 1. The molecule has 8 heteroatoms. The van der Waals surface area contributed by atoms with E-state index in [-0.39, 0.29) is 11.4 Å². The number of carboxylic acids is 1. The summed E-state index contributed by atoms with van der Waals surface area (Å²) in [5.74, 6) is -4.46. The molecule has 1 aromatic carbocycles. The number of hydrogen-bond donors (Lipinski definition) is 2. The Kier molecular flexibility index (Phi) is 2.31. The van der Waals surface area contributed by atoms with Crippen molar-refractivity contribution in [1.29, 1.82) is 0 Å². The summed E-state index contributed by atoms with van der Waals surface area (Å²) in [5.41, 5.74) is -0.999. The molecule has 0 aliphatic carbocycles. The zero-order chi connectivity index (χ0) is 11.7. The number of carboxylic acid groups (broad SMARTS) is 1. The van der Waals surface area contributed by atoms with Crippen molar-refractivity contribution < 1.29 is 18.7 Å². The molecule has 1 heterocycles. The first-order chi connectivity index (χ1) is 7.61. The Hall–Kier alpha value is -2.38. The van der Waals surface area contributed by atoms with Gasteiger partial charge in [0.1, 0.15) is 0 Å². The highest BCUT2D eigenvalue weighted by Gasteiger charge is 2.20. The van der Waals surface area contributed by atoms with Gasteiger partial charge < -0.3 is 5.11 Å². The highest BCUT2D eigenvalue weighted by molar-refractivity contribution is 5.88. The molecule has 0 aliphatic rings. The van der Waals surface area contributed by atoms with E-state index in [9.17, 15) is 13.6 Å². The number of benzene rings is 1. The number of H-pyrrole nitrogens is 1. The van der Waals surface area contributed by atoms with Crippen molar-refractivity contribution in [3.63, 3.8) is 0 Å². The molecule has 6 nitrogen and oxygen atoms in total.